The third-order valence-corrected chi connectivity index (χ3v) is 2.44. The van der Waals surface area contributed by atoms with Crippen molar-refractivity contribution in [1.82, 2.24) is 4.98 Å². The lowest BCUT2D eigenvalue weighted by Crippen LogP contribution is -1.96. The smallest absolute Gasteiger partial charge is 0.0841 e. The van der Waals surface area contributed by atoms with Crippen molar-refractivity contribution in [1.29, 1.82) is 0 Å². The molecule has 0 saturated heterocycles. The maximum Gasteiger partial charge on any atom is 0.0841 e. The molecular weight excluding hydrogens is 220 g/mol. The van der Waals surface area contributed by atoms with Crippen LogP contribution in [-0.2, 0) is 0 Å². The Morgan fingerprint density at radius 2 is 1.67 bits per heavy atom. The maximum absolute atomic E-state index is 4.58. The number of hydrogen-bond acceptors (Lipinski definition) is 2. The zero-order chi connectivity index (χ0) is 13.4. The Bertz CT molecular complexity index is 502. The van der Waals surface area contributed by atoms with E-state index in [1.807, 2.05) is 57.2 Å². The SMILES string of the molecule is CC.CC(=Nc1ccccc1C)c1ccccn1. The van der Waals surface area contributed by atoms with Crippen LogP contribution >= 0.6 is 0 Å². The van der Waals surface area contributed by atoms with Crippen molar-refractivity contribution in [2.24, 2.45) is 4.99 Å². The van der Waals surface area contributed by atoms with E-state index in [-0.39, 0.29) is 0 Å². The molecule has 1 heterocycles. The van der Waals surface area contributed by atoms with Crippen molar-refractivity contribution in [3.05, 3.63) is 59.9 Å². The fourth-order valence-electron chi connectivity index (χ4n) is 1.50. The van der Waals surface area contributed by atoms with Crippen LogP contribution in [0.25, 0.3) is 0 Å². The summed E-state index contributed by atoms with van der Waals surface area (Å²) in [6.07, 6.45) is 1.78. The molecule has 2 heteroatoms. The lowest BCUT2D eigenvalue weighted by atomic mass is 10.2. The highest BCUT2D eigenvalue weighted by Crippen LogP contribution is 2.18. The van der Waals surface area contributed by atoms with Crippen LogP contribution in [0.2, 0.25) is 0 Å². The van der Waals surface area contributed by atoms with Gasteiger partial charge in [0.1, 0.15) is 0 Å². The van der Waals surface area contributed by atoms with Gasteiger partial charge in [0.2, 0.25) is 0 Å². The highest BCUT2D eigenvalue weighted by Gasteiger charge is 1.99. The molecule has 1 aromatic carbocycles. The van der Waals surface area contributed by atoms with Gasteiger partial charge in [-0.15, -0.1) is 0 Å². The summed E-state index contributed by atoms with van der Waals surface area (Å²) in [5.74, 6) is 0. The Balaban J connectivity index is 0.000000771. The molecule has 0 N–H and O–H groups in total. The summed E-state index contributed by atoms with van der Waals surface area (Å²) in [7, 11) is 0. The van der Waals surface area contributed by atoms with Crippen LogP contribution in [0.3, 0.4) is 0 Å². The highest BCUT2D eigenvalue weighted by atomic mass is 14.8. The number of rotatable bonds is 2. The van der Waals surface area contributed by atoms with E-state index in [2.05, 4.69) is 23.0 Å². The second-order valence-electron chi connectivity index (χ2n) is 3.70. The summed E-state index contributed by atoms with van der Waals surface area (Å²) >= 11 is 0. The van der Waals surface area contributed by atoms with Crippen LogP contribution in [0, 0.1) is 6.92 Å². The first kappa shape index (κ1) is 14.1. The van der Waals surface area contributed by atoms with Crippen molar-refractivity contribution in [2.45, 2.75) is 27.7 Å². The second-order valence-corrected chi connectivity index (χ2v) is 3.70. The van der Waals surface area contributed by atoms with Gasteiger partial charge in [0.05, 0.1) is 17.1 Å². The van der Waals surface area contributed by atoms with Crippen molar-refractivity contribution < 1.29 is 0 Å². The molecule has 1 aromatic heterocycles. The Labute approximate surface area is 109 Å². The van der Waals surface area contributed by atoms with Gasteiger partial charge in [-0.05, 0) is 37.6 Å². The van der Waals surface area contributed by atoms with Crippen LogP contribution in [0.1, 0.15) is 32.0 Å². The van der Waals surface area contributed by atoms with Gasteiger partial charge in [-0.3, -0.25) is 9.98 Å². The molecule has 2 aromatic rings. The third-order valence-electron chi connectivity index (χ3n) is 2.44. The number of benzene rings is 1. The molecule has 2 rings (SSSR count). The zero-order valence-corrected chi connectivity index (χ0v) is 11.5. The van der Waals surface area contributed by atoms with Gasteiger partial charge in [0.15, 0.2) is 0 Å². The van der Waals surface area contributed by atoms with Crippen LogP contribution < -0.4 is 0 Å². The molecule has 0 bridgehead atoms. The van der Waals surface area contributed by atoms with Crippen LogP contribution in [-0.4, -0.2) is 10.7 Å². The summed E-state index contributed by atoms with van der Waals surface area (Å²) < 4.78 is 0. The first-order valence-corrected chi connectivity index (χ1v) is 6.30. The normalized spacial score (nSPS) is 10.6. The number of aromatic nitrogens is 1. The monoisotopic (exact) mass is 240 g/mol. The maximum atomic E-state index is 4.58. The van der Waals surface area contributed by atoms with Gasteiger partial charge in [0.25, 0.3) is 0 Å². The molecule has 0 atom stereocenters. The Hall–Kier alpha value is -1.96. The van der Waals surface area contributed by atoms with E-state index in [4.69, 9.17) is 0 Å². The molecule has 0 spiro atoms. The van der Waals surface area contributed by atoms with E-state index in [1.54, 1.807) is 6.20 Å². The lowest BCUT2D eigenvalue weighted by Gasteiger charge is -2.02. The van der Waals surface area contributed by atoms with Crippen molar-refractivity contribution in [2.75, 3.05) is 0 Å². The molecule has 18 heavy (non-hydrogen) atoms. The lowest BCUT2D eigenvalue weighted by molar-refractivity contribution is 1.27. The van der Waals surface area contributed by atoms with Gasteiger partial charge in [-0.1, -0.05) is 38.1 Å². The van der Waals surface area contributed by atoms with Gasteiger partial charge in [0, 0.05) is 6.20 Å². The molecule has 0 fully saturated rings. The zero-order valence-electron chi connectivity index (χ0n) is 11.5. The number of pyridine rings is 1. The first-order valence-electron chi connectivity index (χ1n) is 6.30. The summed E-state index contributed by atoms with van der Waals surface area (Å²) in [5.41, 5.74) is 4.05. The van der Waals surface area contributed by atoms with Crippen LogP contribution in [0.15, 0.2) is 53.7 Å². The molecule has 0 radical (unpaired) electrons. The minimum absolute atomic E-state index is 0.922. The van der Waals surface area contributed by atoms with Gasteiger partial charge < -0.3 is 0 Å². The fraction of sp³-hybridized carbons (Fsp3) is 0.250. The molecule has 0 aliphatic heterocycles. The quantitative estimate of drug-likeness (QED) is 0.706. The van der Waals surface area contributed by atoms with E-state index in [0.717, 1.165) is 17.1 Å². The molecule has 0 aliphatic rings. The van der Waals surface area contributed by atoms with Crippen molar-refractivity contribution in [3.63, 3.8) is 0 Å². The molecule has 0 amide bonds. The van der Waals surface area contributed by atoms with Gasteiger partial charge in [-0.25, -0.2) is 0 Å². The van der Waals surface area contributed by atoms with E-state index in [1.165, 1.54) is 5.56 Å². The minimum Gasteiger partial charge on any atom is -0.255 e. The second kappa shape index (κ2) is 7.38. The van der Waals surface area contributed by atoms with Gasteiger partial charge in [-0.2, -0.15) is 0 Å². The standard InChI is InChI=1S/C14H14N2.C2H6/c1-11-7-3-4-8-13(11)16-12(2)14-9-5-6-10-15-14;1-2/h3-10H,1-2H3;1-2H3. The van der Waals surface area contributed by atoms with Crippen molar-refractivity contribution in [3.8, 4) is 0 Å². The fourth-order valence-corrected chi connectivity index (χ4v) is 1.50. The number of aryl methyl sites for hydroxylation is 1. The highest BCUT2D eigenvalue weighted by molar-refractivity contribution is 5.98. The third kappa shape index (κ3) is 3.81. The topological polar surface area (TPSA) is 25.2 Å². The summed E-state index contributed by atoms with van der Waals surface area (Å²) in [6.45, 7) is 8.04. The Morgan fingerprint density at radius 1 is 1.00 bits per heavy atom. The Kier molecular flexibility index (Phi) is 5.78. The summed E-state index contributed by atoms with van der Waals surface area (Å²) in [5, 5.41) is 0. The van der Waals surface area contributed by atoms with Crippen LogP contribution in [0.4, 0.5) is 5.69 Å². The molecule has 94 valence electrons. The molecule has 0 saturated carbocycles. The largest absolute Gasteiger partial charge is 0.255 e. The molecule has 2 nitrogen and oxygen atoms in total. The average molecular weight is 240 g/mol. The summed E-state index contributed by atoms with van der Waals surface area (Å²) in [6, 6.07) is 13.9. The Morgan fingerprint density at radius 3 is 2.28 bits per heavy atom. The van der Waals surface area contributed by atoms with Gasteiger partial charge >= 0.3 is 0 Å². The molecule has 0 unspecified atom stereocenters. The number of aliphatic imine (C=N–C) groups is 1. The number of para-hydroxylation sites is 1. The number of nitrogens with zero attached hydrogens (tertiary/aromatic N) is 2. The molecule has 0 aliphatic carbocycles. The van der Waals surface area contributed by atoms with Crippen molar-refractivity contribution >= 4 is 11.4 Å². The predicted molar refractivity (Wildman–Crippen MR) is 78.6 cm³/mol. The minimum atomic E-state index is 0.922. The first-order chi connectivity index (χ1) is 8.77. The molecular formula is C16H20N2. The van der Waals surface area contributed by atoms with E-state index in [9.17, 15) is 0 Å². The predicted octanol–water partition coefficient (Wildman–Crippen LogP) is 4.56. The summed E-state index contributed by atoms with van der Waals surface area (Å²) in [4.78, 5) is 8.86. The van der Waals surface area contributed by atoms with E-state index in [0.29, 0.717) is 0 Å². The van der Waals surface area contributed by atoms with Crippen LogP contribution in [0.5, 0.6) is 0 Å². The average Bonchev–Trinajstić information content (AvgIpc) is 2.44. The van der Waals surface area contributed by atoms with E-state index >= 15 is 0 Å². The number of hydrogen-bond donors (Lipinski definition) is 0. The van der Waals surface area contributed by atoms with E-state index < -0.39 is 0 Å².